The van der Waals surface area contributed by atoms with Gasteiger partial charge in [-0.25, -0.2) is 10.2 Å². The molecule has 0 fully saturated rings. The molecule has 0 atom stereocenters. The lowest BCUT2D eigenvalue weighted by Crippen LogP contribution is -2.06. The van der Waals surface area contributed by atoms with E-state index in [4.69, 9.17) is 9.47 Å². The van der Waals surface area contributed by atoms with E-state index in [9.17, 15) is 27.2 Å². The minimum absolute atomic E-state index is 0.0642. The SMILES string of the molecule is COc1cc(-c2ccc(=O)[nH]n2)ccc1OC(F)F.COc1cc(-c2ccc(=O)[nH]n2)ccc1OC(F)F. The third kappa shape index (κ3) is 7.56. The number of nitrogens with one attached hydrogen (secondary N) is 2. The average molecular weight is 536 g/mol. The van der Waals surface area contributed by atoms with Gasteiger partial charge in [-0.15, -0.1) is 0 Å². The van der Waals surface area contributed by atoms with Crippen LogP contribution in [0.5, 0.6) is 23.0 Å². The normalized spacial score (nSPS) is 10.5. The number of rotatable bonds is 8. The highest BCUT2D eigenvalue weighted by molar-refractivity contribution is 5.64. The zero-order valence-electron chi connectivity index (χ0n) is 19.8. The molecule has 0 aliphatic rings. The summed E-state index contributed by atoms with van der Waals surface area (Å²) < 4.78 is 67.3. The van der Waals surface area contributed by atoms with Gasteiger partial charge >= 0.3 is 13.2 Å². The van der Waals surface area contributed by atoms with Crippen LogP contribution in [0, 0.1) is 0 Å². The second-order valence-corrected chi connectivity index (χ2v) is 7.10. The van der Waals surface area contributed by atoms with Crippen LogP contribution in [0.15, 0.2) is 70.3 Å². The predicted molar refractivity (Wildman–Crippen MR) is 127 cm³/mol. The van der Waals surface area contributed by atoms with Crippen molar-refractivity contribution in [2.45, 2.75) is 13.2 Å². The van der Waals surface area contributed by atoms with E-state index in [0.29, 0.717) is 22.5 Å². The van der Waals surface area contributed by atoms with Crippen molar-refractivity contribution in [1.82, 2.24) is 20.4 Å². The topological polar surface area (TPSA) is 128 Å². The van der Waals surface area contributed by atoms with Gasteiger partial charge in [0.05, 0.1) is 25.6 Å². The Bertz CT molecular complexity index is 1330. The fourth-order valence-electron chi connectivity index (χ4n) is 3.05. The molecule has 0 aliphatic heterocycles. The molecule has 0 radical (unpaired) electrons. The lowest BCUT2D eigenvalue weighted by atomic mass is 10.1. The molecule has 10 nitrogen and oxygen atoms in total. The smallest absolute Gasteiger partial charge is 0.387 e. The molecule has 0 bridgehead atoms. The lowest BCUT2D eigenvalue weighted by molar-refractivity contribution is -0.0518. The zero-order chi connectivity index (χ0) is 27.7. The molecule has 14 heteroatoms. The van der Waals surface area contributed by atoms with Crippen molar-refractivity contribution in [2.24, 2.45) is 0 Å². The number of methoxy groups -OCH3 is 2. The summed E-state index contributed by atoms with van der Waals surface area (Å²) in [5, 5.41) is 12.2. The predicted octanol–water partition coefficient (Wildman–Crippen LogP) is 4.09. The van der Waals surface area contributed by atoms with Gasteiger partial charge in [0, 0.05) is 23.3 Å². The van der Waals surface area contributed by atoms with E-state index in [1.807, 2.05) is 0 Å². The highest BCUT2D eigenvalue weighted by Crippen LogP contribution is 2.33. The van der Waals surface area contributed by atoms with Crippen LogP contribution in [0.3, 0.4) is 0 Å². The number of hydrogen-bond acceptors (Lipinski definition) is 8. The van der Waals surface area contributed by atoms with Crippen LogP contribution in [0.1, 0.15) is 0 Å². The Labute approximate surface area is 211 Å². The molecule has 4 rings (SSSR count). The van der Waals surface area contributed by atoms with E-state index in [1.54, 1.807) is 12.1 Å². The maximum absolute atomic E-state index is 12.2. The van der Waals surface area contributed by atoms with Gasteiger partial charge in [-0.2, -0.15) is 27.8 Å². The van der Waals surface area contributed by atoms with Gasteiger partial charge in [-0.1, -0.05) is 0 Å². The second-order valence-electron chi connectivity index (χ2n) is 7.10. The first-order valence-electron chi connectivity index (χ1n) is 10.6. The summed E-state index contributed by atoms with van der Waals surface area (Å²) in [5.74, 6) is 0.188. The number of nitrogens with zero attached hydrogens (tertiary/aromatic N) is 2. The number of hydrogen-bond donors (Lipinski definition) is 2. The van der Waals surface area contributed by atoms with Crippen molar-refractivity contribution in [1.29, 1.82) is 0 Å². The Balaban J connectivity index is 0.000000211. The molecular weight excluding hydrogens is 516 g/mol. The highest BCUT2D eigenvalue weighted by Gasteiger charge is 2.13. The standard InChI is InChI=1S/2C12H10F2N2O3/c2*1-18-10-6-7(2-4-9(10)19-12(13)14)8-3-5-11(17)16-15-8/h2*2-6,12H,1H3,(H,16,17). The fraction of sp³-hybridized carbons (Fsp3) is 0.167. The second kappa shape index (κ2) is 12.9. The van der Waals surface area contributed by atoms with Gasteiger partial charge in [-0.05, 0) is 48.5 Å². The van der Waals surface area contributed by atoms with Gasteiger partial charge in [0.1, 0.15) is 0 Å². The first kappa shape index (κ1) is 27.7. The molecule has 0 saturated carbocycles. The fourth-order valence-corrected chi connectivity index (χ4v) is 3.05. The van der Waals surface area contributed by atoms with Gasteiger partial charge in [-0.3, -0.25) is 9.59 Å². The van der Waals surface area contributed by atoms with Crippen molar-refractivity contribution in [3.05, 3.63) is 81.4 Å². The lowest BCUT2D eigenvalue weighted by Gasteiger charge is -2.10. The minimum atomic E-state index is -2.93. The van der Waals surface area contributed by atoms with Crippen molar-refractivity contribution < 1.29 is 36.5 Å². The summed E-state index contributed by atoms with van der Waals surface area (Å²) in [5.41, 5.74) is 1.54. The van der Waals surface area contributed by atoms with E-state index >= 15 is 0 Å². The van der Waals surface area contributed by atoms with E-state index in [0.717, 1.165) is 0 Å². The molecule has 0 spiro atoms. The molecule has 200 valence electrons. The molecule has 2 aromatic heterocycles. The van der Waals surface area contributed by atoms with Crippen LogP contribution >= 0.6 is 0 Å². The number of halogens is 4. The Morgan fingerprint density at radius 2 is 1.00 bits per heavy atom. The average Bonchev–Trinajstić information content (AvgIpc) is 2.90. The summed E-state index contributed by atoms with van der Waals surface area (Å²) in [6, 6.07) is 14.5. The van der Waals surface area contributed by atoms with E-state index in [-0.39, 0.29) is 34.1 Å². The third-order valence-electron chi connectivity index (χ3n) is 4.71. The maximum Gasteiger partial charge on any atom is 0.387 e. The number of alkyl halides is 4. The summed E-state index contributed by atoms with van der Waals surface area (Å²) in [6.07, 6.45) is 0. The number of benzene rings is 2. The molecule has 0 amide bonds. The largest absolute Gasteiger partial charge is 0.493 e. The third-order valence-corrected chi connectivity index (χ3v) is 4.71. The van der Waals surface area contributed by atoms with Gasteiger partial charge < -0.3 is 18.9 Å². The molecule has 0 unspecified atom stereocenters. The Morgan fingerprint density at radius 3 is 1.29 bits per heavy atom. The molecule has 0 aliphatic carbocycles. The quantitative estimate of drug-likeness (QED) is 0.322. The van der Waals surface area contributed by atoms with Crippen molar-refractivity contribution in [2.75, 3.05) is 14.2 Å². The Morgan fingerprint density at radius 1 is 0.605 bits per heavy atom. The molecular formula is C24H20F4N4O6. The van der Waals surface area contributed by atoms with E-state index in [1.165, 1.54) is 62.8 Å². The molecule has 0 saturated heterocycles. The summed E-state index contributed by atoms with van der Waals surface area (Å²) in [7, 11) is 2.69. The van der Waals surface area contributed by atoms with E-state index in [2.05, 4.69) is 29.9 Å². The van der Waals surface area contributed by atoms with Crippen LogP contribution in [-0.2, 0) is 0 Å². The van der Waals surface area contributed by atoms with Crippen LogP contribution in [0.4, 0.5) is 17.6 Å². The zero-order valence-corrected chi connectivity index (χ0v) is 19.8. The van der Waals surface area contributed by atoms with Gasteiger partial charge in [0.2, 0.25) is 0 Å². The van der Waals surface area contributed by atoms with Crippen molar-refractivity contribution >= 4 is 0 Å². The monoisotopic (exact) mass is 536 g/mol. The number of H-pyrrole nitrogens is 2. The van der Waals surface area contributed by atoms with Crippen LogP contribution in [0.25, 0.3) is 22.5 Å². The number of aromatic nitrogens is 4. The van der Waals surface area contributed by atoms with E-state index < -0.39 is 13.2 Å². The summed E-state index contributed by atoms with van der Waals surface area (Å²) in [4.78, 5) is 21.8. The first-order valence-corrected chi connectivity index (χ1v) is 10.6. The molecule has 2 heterocycles. The number of ether oxygens (including phenoxy) is 4. The maximum atomic E-state index is 12.2. The van der Waals surface area contributed by atoms with Crippen LogP contribution in [0.2, 0.25) is 0 Å². The van der Waals surface area contributed by atoms with Gasteiger partial charge in [0.25, 0.3) is 11.1 Å². The summed E-state index contributed by atoms with van der Waals surface area (Å²) >= 11 is 0. The Hall–Kier alpha value is -4.88. The van der Waals surface area contributed by atoms with Crippen LogP contribution < -0.4 is 30.1 Å². The summed E-state index contributed by atoms with van der Waals surface area (Å²) in [6.45, 7) is -5.85. The molecule has 4 aromatic rings. The number of aromatic amines is 2. The highest BCUT2D eigenvalue weighted by atomic mass is 19.3. The van der Waals surface area contributed by atoms with Crippen LogP contribution in [-0.4, -0.2) is 47.8 Å². The van der Waals surface area contributed by atoms with Crippen molar-refractivity contribution in [3.63, 3.8) is 0 Å². The molecule has 38 heavy (non-hydrogen) atoms. The molecule has 2 aromatic carbocycles. The van der Waals surface area contributed by atoms with Gasteiger partial charge in [0.15, 0.2) is 23.0 Å². The van der Waals surface area contributed by atoms with Crippen molar-refractivity contribution in [3.8, 4) is 45.5 Å². The Kier molecular flexibility index (Phi) is 9.40. The minimum Gasteiger partial charge on any atom is -0.493 e. The first-order chi connectivity index (χ1) is 18.2. The molecule has 2 N–H and O–H groups in total.